The van der Waals surface area contributed by atoms with Crippen LogP contribution in [0.3, 0.4) is 0 Å². The summed E-state index contributed by atoms with van der Waals surface area (Å²) in [6.07, 6.45) is 3.63. The van der Waals surface area contributed by atoms with Gasteiger partial charge in [0, 0.05) is 36.5 Å². The second-order valence-electron chi connectivity index (χ2n) is 6.64. The average molecular weight is 448 g/mol. The minimum atomic E-state index is -0.572. The maximum atomic E-state index is 12.5. The lowest BCUT2D eigenvalue weighted by Crippen LogP contribution is -2.27. The molecule has 1 aliphatic heterocycles. The van der Waals surface area contributed by atoms with Crippen molar-refractivity contribution in [2.24, 2.45) is 0 Å². The number of nitrogens with one attached hydrogen (secondary N) is 2. The molecule has 13 heteroatoms. The van der Waals surface area contributed by atoms with Gasteiger partial charge in [0.15, 0.2) is 5.65 Å². The van der Waals surface area contributed by atoms with Gasteiger partial charge >= 0.3 is 5.69 Å². The lowest BCUT2D eigenvalue weighted by atomic mass is 10.2. The van der Waals surface area contributed by atoms with Crippen molar-refractivity contribution in [2.75, 3.05) is 32.1 Å². The molecule has 0 radical (unpaired) electrons. The number of carbonyl (C=O) groups is 1. The summed E-state index contributed by atoms with van der Waals surface area (Å²) in [5.41, 5.74) is 1.83. The number of ether oxygens (including phenoxy) is 2. The summed E-state index contributed by atoms with van der Waals surface area (Å²) in [6, 6.07) is 1.34. The highest BCUT2D eigenvalue weighted by Crippen LogP contribution is 2.29. The number of rotatable bonds is 8. The molecule has 4 heterocycles. The molecule has 1 amide bonds. The zero-order chi connectivity index (χ0) is 22.0. The highest BCUT2D eigenvalue weighted by Gasteiger charge is 2.23. The normalized spacial score (nSPS) is 12.5. The number of aromatic nitrogens is 4. The Labute approximate surface area is 180 Å². The van der Waals surface area contributed by atoms with Crippen LogP contribution in [0.4, 0.5) is 11.5 Å². The highest BCUT2D eigenvalue weighted by molar-refractivity contribution is 6.30. The van der Waals surface area contributed by atoms with E-state index in [1.165, 1.54) is 25.6 Å². The number of fused-ring (bicyclic) bond motifs is 3. The Balaban J connectivity index is 1.33. The first-order valence-corrected chi connectivity index (χ1v) is 9.70. The molecule has 0 spiro atoms. The van der Waals surface area contributed by atoms with Gasteiger partial charge in [-0.3, -0.25) is 14.9 Å². The van der Waals surface area contributed by atoms with Crippen molar-refractivity contribution in [3.8, 4) is 5.88 Å². The number of amides is 1. The summed E-state index contributed by atoms with van der Waals surface area (Å²) < 4.78 is 11.9. The predicted octanol–water partition coefficient (Wildman–Crippen LogP) is 1.61. The summed E-state index contributed by atoms with van der Waals surface area (Å²) in [5, 5.41) is 21.6. The zero-order valence-corrected chi connectivity index (χ0v) is 17.2. The van der Waals surface area contributed by atoms with E-state index >= 15 is 0 Å². The Morgan fingerprint density at radius 2 is 2.29 bits per heavy atom. The average Bonchev–Trinajstić information content (AvgIpc) is 3.40. The summed E-state index contributed by atoms with van der Waals surface area (Å²) in [5.74, 6) is 0.324. The first-order chi connectivity index (χ1) is 15.0. The van der Waals surface area contributed by atoms with Gasteiger partial charge in [0.1, 0.15) is 16.5 Å². The van der Waals surface area contributed by atoms with Gasteiger partial charge in [-0.1, -0.05) is 11.6 Å². The number of nitrogens with zero attached hydrogens (tertiary/aromatic N) is 5. The van der Waals surface area contributed by atoms with Crippen LogP contribution in [-0.4, -0.2) is 57.2 Å². The molecule has 2 N–H and O–H groups in total. The first kappa shape index (κ1) is 20.8. The Kier molecular flexibility index (Phi) is 5.82. The van der Waals surface area contributed by atoms with Crippen molar-refractivity contribution in [2.45, 2.75) is 13.0 Å². The molecule has 0 saturated heterocycles. The number of pyridine rings is 1. The fraction of sp³-hybridized carbons (Fsp3) is 0.333. The van der Waals surface area contributed by atoms with Crippen LogP contribution in [0.15, 0.2) is 18.5 Å². The molecule has 0 fully saturated rings. The predicted molar refractivity (Wildman–Crippen MR) is 110 cm³/mol. The Morgan fingerprint density at radius 1 is 1.45 bits per heavy atom. The Morgan fingerprint density at radius 3 is 3.06 bits per heavy atom. The van der Waals surface area contributed by atoms with Gasteiger partial charge in [0.05, 0.1) is 31.4 Å². The van der Waals surface area contributed by atoms with Crippen molar-refractivity contribution in [1.29, 1.82) is 0 Å². The van der Waals surface area contributed by atoms with Gasteiger partial charge in [-0.2, -0.15) is 9.61 Å². The number of halogens is 1. The quantitative estimate of drug-likeness (QED) is 0.227. The smallest absolute Gasteiger partial charge is 0.331 e. The molecule has 0 bridgehead atoms. The molecule has 0 saturated carbocycles. The van der Waals surface area contributed by atoms with Gasteiger partial charge in [0.25, 0.3) is 11.8 Å². The van der Waals surface area contributed by atoms with Crippen molar-refractivity contribution < 1.29 is 19.2 Å². The number of methoxy groups -OCH3 is 1. The topological polar surface area (TPSA) is 146 Å². The summed E-state index contributed by atoms with van der Waals surface area (Å²) in [6.45, 7) is 1.25. The molecule has 0 aromatic carbocycles. The van der Waals surface area contributed by atoms with Crippen LogP contribution in [-0.2, 0) is 17.8 Å². The molecule has 0 aliphatic carbocycles. The Hall–Kier alpha value is -3.51. The standard InChI is InChI=1S/C18H18ClN7O5/c1-30-18-13(26(28)29)6-10(7-22-18)9-31-5-4-21-17(27)12-8-23-25-15-11(2-3-20-15)14(19)24-16(12)25/h6-8,20H,2-5,9H2,1H3,(H,21,27). The van der Waals surface area contributed by atoms with Gasteiger partial charge in [-0.05, 0) is 6.42 Å². The molecule has 3 aromatic heterocycles. The molecular formula is C18H18ClN7O5. The maximum absolute atomic E-state index is 12.5. The molecule has 31 heavy (non-hydrogen) atoms. The monoisotopic (exact) mass is 447 g/mol. The summed E-state index contributed by atoms with van der Waals surface area (Å²) in [4.78, 5) is 31.2. The number of nitro groups is 1. The number of carbonyl (C=O) groups excluding carboxylic acids is 1. The van der Waals surface area contributed by atoms with E-state index in [-0.39, 0.29) is 37.2 Å². The van der Waals surface area contributed by atoms with Gasteiger partial charge in [-0.15, -0.1) is 0 Å². The summed E-state index contributed by atoms with van der Waals surface area (Å²) in [7, 11) is 1.31. The third kappa shape index (κ3) is 4.07. The number of hydrogen-bond acceptors (Lipinski definition) is 9. The van der Waals surface area contributed by atoms with Crippen LogP contribution in [0, 0.1) is 10.1 Å². The van der Waals surface area contributed by atoms with Crippen LogP contribution in [0.25, 0.3) is 5.65 Å². The molecule has 12 nitrogen and oxygen atoms in total. The molecule has 162 valence electrons. The van der Waals surface area contributed by atoms with E-state index in [4.69, 9.17) is 21.1 Å². The van der Waals surface area contributed by atoms with Gasteiger partial charge in [0.2, 0.25) is 0 Å². The maximum Gasteiger partial charge on any atom is 0.331 e. The van der Waals surface area contributed by atoms with E-state index in [2.05, 4.69) is 25.7 Å². The van der Waals surface area contributed by atoms with E-state index in [9.17, 15) is 14.9 Å². The molecule has 4 rings (SSSR count). The lowest BCUT2D eigenvalue weighted by molar-refractivity contribution is -0.386. The second-order valence-corrected chi connectivity index (χ2v) is 7.00. The third-order valence-electron chi connectivity index (χ3n) is 4.69. The molecule has 0 unspecified atom stereocenters. The van der Waals surface area contributed by atoms with Gasteiger partial charge < -0.3 is 20.1 Å². The SMILES string of the molecule is COc1ncc(COCCNC(=O)c2cnn3c4c(c(Cl)nc23)CCN4)cc1[N+](=O)[O-]. The largest absolute Gasteiger partial charge is 0.476 e. The fourth-order valence-electron chi connectivity index (χ4n) is 3.24. The number of anilines is 1. The van der Waals surface area contributed by atoms with Crippen LogP contribution in [0.2, 0.25) is 5.15 Å². The minimum Gasteiger partial charge on any atom is -0.476 e. The van der Waals surface area contributed by atoms with E-state index in [1.807, 2.05) is 0 Å². The van der Waals surface area contributed by atoms with Crippen molar-refractivity contribution >= 4 is 34.7 Å². The van der Waals surface area contributed by atoms with Crippen molar-refractivity contribution in [1.82, 2.24) is 24.9 Å². The van der Waals surface area contributed by atoms with Crippen molar-refractivity contribution in [3.05, 3.63) is 50.4 Å². The zero-order valence-electron chi connectivity index (χ0n) is 16.4. The fourth-order valence-corrected chi connectivity index (χ4v) is 3.50. The van der Waals surface area contributed by atoms with Crippen LogP contribution >= 0.6 is 11.6 Å². The molecule has 3 aromatic rings. The van der Waals surface area contributed by atoms with Crippen molar-refractivity contribution in [3.63, 3.8) is 0 Å². The molecule has 0 atom stereocenters. The van der Waals surface area contributed by atoms with Crippen LogP contribution in [0.5, 0.6) is 5.88 Å². The van der Waals surface area contributed by atoms with E-state index in [0.29, 0.717) is 21.9 Å². The second kappa shape index (κ2) is 8.70. The summed E-state index contributed by atoms with van der Waals surface area (Å²) >= 11 is 6.24. The minimum absolute atomic E-state index is 0.0658. The third-order valence-corrected chi connectivity index (χ3v) is 5.00. The van der Waals surface area contributed by atoms with E-state index in [0.717, 1.165) is 24.3 Å². The first-order valence-electron chi connectivity index (χ1n) is 9.32. The highest BCUT2D eigenvalue weighted by atomic mass is 35.5. The van der Waals surface area contributed by atoms with Crippen LogP contribution < -0.4 is 15.4 Å². The van der Waals surface area contributed by atoms with E-state index in [1.54, 1.807) is 4.52 Å². The van der Waals surface area contributed by atoms with E-state index < -0.39 is 4.92 Å². The lowest BCUT2D eigenvalue weighted by Gasteiger charge is -2.08. The van der Waals surface area contributed by atoms with Crippen LogP contribution in [0.1, 0.15) is 21.5 Å². The molecule has 1 aliphatic rings. The molecular weight excluding hydrogens is 430 g/mol. The van der Waals surface area contributed by atoms with Gasteiger partial charge in [-0.25, -0.2) is 9.97 Å². The Bertz CT molecular complexity index is 1170. The number of hydrogen-bond donors (Lipinski definition) is 2.